The van der Waals surface area contributed by atoms with Gasteiger partial charge in [0.05, 0.1) is 12.1 Å². The molecule has 1 aliphatic heterocycles. The average Bonchev–Trinajstić information content (AvgIpc) is 3.04. The highest BCUT2D eigenvalue weighted by Crippen LogP contribution is 2.48. The van der Waals surface area contributed by atoms with Crippen molar-refractivity contribution in [3.63, 3.8) is 0 Å². The van der Waals surface area contributed by atoms with Crippen LogP contribution in [0.3, 0.4) is 0 Å². The van der Waals surface area contributed by atoms with Gasteiger partial charge in [-0.2, -0.15) is 0 Å². The number of hydrogen-bond donors (Lipinski definition) is 2. The van der Waals surface area contributed by atoms with Crippen LogP contribution in [0.15, 0.2) is 30.3 Å². The predicted molar refractivity (Wildman–Crippen MR) is 125 cm³/mol. The van der Waals surface area contributed by atoms with Gasteiger partial charge in [-0.15, -0.1) is 0 Å². The molecule has 0 radical (unpaired) electrons. The predicted octanol–water partition coefficient (Wildman–Crippen LogP) is 0.691. The van der Waals surface area contributed by atoms with Gasteiger partial charge in [0.1, 0.15) is 13.1 Å². The third-order valence-electron chi connectivity index (χ3n) is 7.29. The standard InChI is InChI=1S/C24H37N5O4/c1-26(2)21(32)17-29-22(33)28(16-20(31)25-14-15-30)18-23(29)10-12-24(13-11-23,27(3)4)19-8-6-5-7-9-19/h5-9,30H,10-18H2,1-4H3,(H,25,31)/t23-,24-. The number of carbonyl (C=O) groups excluding carboxylic acids is 3. The molecule has 33 heavy (non-hydrogen) atoms. The zero-order valence-electron chi connectivity index (χ0n) is 20.2. The van der Waals surface area contributed by atoms with E-state index in [1.807, 2.05) is 6.07 Å². The average molecular weight is 460 g/mol. The molecule has 9 heteroatoms. The summed E-state index contributed by atoms with van der Waals surface area (Å²) in [6, 6.07) is 10.2. The number of benzene rings is 1. The molecule has 2 fully saturated rings. The Morgan fingerprint density at radius 2 is 1.67 bits per heavy atom. The van der Waals surface area contributed by atoms with E-state index in [2.05, 4.69) is 48.6 Å². The highest BCUT2D eigenvalue weighted by atomic mass is 16.3. The molecule has 1 heterocycles. The first-order chi connectivity index (χ1) is 15.6. The van der Waals surface area contributed by atoms with Crippen LogP contribution in [0.25, 0.3) is 0 Å². The number of nitrogens with one attached hydrogen (secondary N) is 1. The molecule has 0 aromatic heterocycles. The Balaban J connectivity index is 1.85. The maximum Gasteiger partial charge on any atom is 0.321 e. The van der Waals surface area contributed by atoms with E-state index >= 15 is 0 Å². The molecule has 0 bridgehead atoms. The SMILES string of the molecule is CN(C)C(=O)CN1C(=O)N(CC(=O)NCCO)C[C@]12CC[C@@](c1ccccc1)(N(C)C)CC2. The van der Waals surface area contributed by atoms with Crippen molar-refractivity contribution in [3.05, 3.63) is 35.9 Å². The van der Waals surface area contributed by atoms with Crippen molar-refractivity contribution in [1.82, 2.24) is 24.9 Å². The van der Waals surface area contributed by atoms with Gasteiger partial charge in [-0.1, -0.05) is 30.3 Å². The van der Waals surface area contributed by atoms with Gasteiger partial charge in [0.25, 0.3) is 0 Å². The number of carbonyl (C=O) groups is 3. The fourth-order valence-corrected chi connectivity index (χ4v) is 5.24. The summed E-state index contributed by atoms with van der Waals surface area (Å²) in [5.74, 6) is -0.446. The van der Waals surface area contributed by atoms with E-state index in [0.29, 0.717) is 6.54 Å². The van der Waals surface area contributed by atoms with E-state index in [0.717, 1.165) is 25.7 Å². The Bertz CT molecular complexity index is 850. The minimum absolute atomic E-state index is 0.000887. The number of aliphatic hydroxyl groups excluding tert-OH is 1. The number of aliphatic hydroxyl groups is 1. The molecule has 4 amide bonds. The van der Waals surface area contributed by atoms with Gasteiger partial charge < -0.3 is 25.1 Å². The van der Waals surface area contributed by atoms with Gasteiger partial charge in [-0.3, -0.25) is 14.5 Å². The lowest BCUT2D eigenvalue weighted by atomic mass is 9.68. The van der Waals surface area contributed by atoms with Gasteiger partial charge in [0.2, 0.25) is 11.8 Å². The second-order valence-corrected chi connectivity index (χ2v) is 9.60. The fraction of sp³-hybridized carbons (Fsp3) is 0.625. The number of hydrogen-bond acceptors (Lipinski definition) is 5. The molecule has 0 unspecified atom stereocenters. The van der Waals surface area contributed by atoms with Crippen LogP contribution in [-0.4, -0.2) is 109 Å². The number of rotatable bonds is 8. The third-order valence-corrected chi connectivity index (χ3v) is 7.29. The second-order valence-electron chi connectivity index (χ2n) is 9.60. The molecule has 1 aromatic carbocycles. The molecule has 0 atom stereocenters. The van der Waals surface area contributed by atoms with Crippen LogP contribution in [0.5, 0.6) is 0 Å². The Labute approximate surface area is 196 Å². The normalized spacial score (nSPS) is 25.1. The van der Waals surface area contributed by atoms with E-state index in [1.165, 1.54) is 10.5 Å². The summed E-state index contributed by atoms with van der Waals surface area (Å²) in [6.45, 7) is 0.333. The molecule has 1 aromatic rings. The molecule has 2 N–H and O–H groups in total. The second kappa shape index (κ2) is 10.1. The molecule has 2 aliphatic rings. The topological polar surface area (TPSA) is 96.4 Å². The van der Waals surface area contributed by atoms with Crippen LogP contribution in [-0.2, 0) is 15.1 Å². The first kappa shape index (κ1) is 25.0. The largest absolute Gasteiger partial charge is 0.395 e. The monoisotopic (exact) mass is 459 g/mol. The van der Waals surface area contributed by atoms with Crippen LogP contribution in [0, 0.1) is 0 Å². The smallest absolute Gasteiger partial charge is 0.321 e. The minimum atomic E-state index is -0.492. The van der Waals surface area contributed by atoms with Crippen molar-refractivity contribution in [1.29, 1.82) is 0 Å². The highest BCUT2D eigenvalue weighted by molar-refractivity contribution is 5.89. The van der Waals surface area contributed by atoms with E-state index in [-0.39, 0.29) is 49.6 Å². The van der Waals surface area contributed by atoms with Crippen molar-refractivity contribution in [2.45, 2.75) is 36.8 Å². The van der Waals surface area contributed by atoms with Gasteiger partial charge >= 0.3 is 6.03 Å². The van der Waals surface area contributed by atoms with Crippen molar-refractivity contribution < 1.29 is 19.5 Å². The summed E-state index contributed by atoms with van der Waals surface area (Å²) in [5, 5.41) is 11.6. The maximum absolute atomic E-state index is 13.4. The quantitative estimate of drug-likeness (QED) is 0.596. The van der Waals surface area contributed by atoms with Gasteiger partial charge in [0.15, 0.2) is 0 Å². The maximum atomic E-state index is 13.4. The molecule has 1 spiro atoms. The molecule has 1 aliphatic carbocycles. The van der Waals surface area contributed by atoms with Crippen LogP contribution in [0.2, 0.25) is 0 Å². The fourth-order valence-electron chi connectivity index (χ4n) is 5.24. The van der Waals surface area contributed by atoms with E-state index in [1.54, 1.807) is 23.9 Å². The lowest BCUT2D eigenvalue weighted by Gasteiger charge is -2.51. The lowest BCUT2D eigenvalue weighted by molar-refractivity contribution is -0.130. The van der Waals surface area contributed by atoms with Crippen molar-refractivity contribution in [3.8, 4) is 0 Å². The van der Waals surface area contributed by atoms with Crippen molar-refractivity contribution in [2.75, 3.05) is 61.0 Å². The number of amides is 4. The molecule has 9 nitrogen and oxygen atoms in total. The minimum Gasteiger partial charge on any atom is -0.395 e. The van der Waals surface area contributed by atoms with Crippen molar-refractivity contribution in [2.24, 2.45) is 0 Å². The highest BCUT2D eigenvalue weighted by Gasteiger charge is 2.55. The Hall–Kier alpha value is -2.65. The third kappa shape index (κ3) is 4.99. The van der Waals surface area contributed by atoms with Gasteiger partial charge in [-0.25, -0.2) is 4.79 Å². The van der Waals surface area contributed by atoms with Gasteiger partial charge in [0, 0.05) is 32.7 Å². The molecular formula is C24H37N5O4. The Morgan fingerprint density at radius 3 is 2.21 bits per heavy atom. The zero-order chi connectivity index (χ0) is 24.2. The summed E-state index contributed by atoms with van der Waals surface area (Å²) in [5.41, 5.74) is 0.623. The number of likely N-dealkylation sites (N-methyl/N-ethyl adjacent to an activating group) is 1. The molecular weight excluding hydrogens is 422 g/mol. The Kier molecular flexibility index (Phi) is 7.64. The molecule has 3 rings (SSSR count). The summed E-state index contributed by atoms with van der Waals surface area (Å²) >= 11 is 0. The van der Waals surface area contributed by atoms with E-state index in [4.69, 9.17) is 5.11 Å². The first-order valence-electron chi connectivity index (χ1n) is 11.5. The molecule has 1 saturated heterocycles. The van der Waals surface area contributed by atoms with Crippen LogP contribution < -0.4 is 5.32 Å². The van der Waals surface area contributed by atoms with E-state index < -0.39 is 5.54 Å². The van der Waals surface area contributed by atoms with Crippen molar-refractivity contribution >= 4 is 17.8 Å². The first-order valence-corrected chi connectivity index (χ1v) is 11.5. The summed E-state index contributed by atoms with van der Waals surface area (Å²) < 4.78 is 0. The van der Waals surface area contributed by atoms with Crippen LogP contribution in [0.1, 0.15) is 31.2 Å². The van der Waals surface area contributed by atoms with Gasteiger partial charge in [-0.05, 0) is 45.3 Å². The van der Waals surface area contributed by atoms with E-state index in [9.17, 15) is 14.4 Å². The van der Waals surface area contributed by atoms with Crippen LogP contribution in [0.4, 0.5) is 4.79 Å². The lowest BCUT2D eigenvalue weighted by Crippen LogP contribution is -2.57. The Morgan fingerprint density at radius 1 is 1.03 bits per heavy atom. The van der Waals surface area contributed by atoms with Crippen LogP contribution >= 0.6 is 0 Å². The summed E-state index contributed by atoms with van der Waals surface area (Å²) in [4.78, 5) is 45.2. The number of urea groups is 1. The summed E-state index contributed by atoms with van der Waals surface area (Å²) in [6.07, 6.45) is 3.16. The summed E-state index contributed by atoms with van der Waals surface area (Å²) in [7, 11) is 7.55. The number of nitrogens with zero attached hydrogens (tertiary/aromatic N) is 4. The molecule has 182 valence electrons. The zero-order valence-corrected chi connectivity index (χ0v) is 20.2. The molecule has 1 saturated carbocycles.